The Morgan fingerprint density at radius 1 is 1.12 bits per heavy atom. The first-order valence-corrected chi connectivity index (χ1v) is 8.72. The van der Waals surface area contributed by atoms with Gasteiger partial charge in [0.1, 0.15) is 5.92 Å². The van der Waals surface area contributed by atoms with E-state index in [4.69, 9.17) is 0 Å². The van der Waals surface area contributed by atoms with Crippen LogP contribution in [0.3, 0.4) is 0 Å². The summed E-state index contributed by atoms with van der Waals surface area (Å²) in [5.74, 6) is -1.61. The van der Waals surface area contributed by atoms with Crippen LogP contribution in [0.25, 0.3) is 0 Å². The lowest BCUT2D eigenvalue weighted by Gasteiger charge is -2.40. The summed E-state index contributed by atoms with van der Waals surface area (Å²) < 4.78 is 0. The number of hydrogen-bond donors (Lipinski definition) is 1. The van der Waals surface area contributed by atoms with Crippen molar-refractivity contribution in [2.75, 3.05) is 6.54 Å². The maximum absolute atomic E-state index is 13.1. The number of amides is 1. The van der Waals surface area contributed by atoms with Gasteiger partial charge in [0.15, 0.2) is 0 Å². The van der Waals surface area contributed by atoms with Crippen molar-refractivity contribution in [2.45, 2.75) is 37.1 Å². The molecule has 1 heterocycles. The number of carbonyl (C=O) groups is 2. The highest BCUT2D eigenvalue weighted by Crippen LogP contribution is 2.50. The van der Waals surface area contributed by atoms with Crippen LogP contribution in [0.5, 0.6) is 0 Å². The van der Waals surface area contributed by atoms with E-state index in [0.29, 0.717) is 17.7 Å². The summed E-state index contributed by atoms with van der Waals surface area (Å²) in [6.07, 6.45) is 2.07. The molecule has 4 rings (SSSR count). The number of carboxylic acid groups (broad SMARTS) is 1. The standard InChI is InChI=1S/C21H21NO3/c1-14-18(20(24)25)16-9-5-6-10-17(16)19(23)22(14)13-21(11-12-21)15-7-3-2-4-8-15/h2-10,14,18H,11-13H2,1H3,(H,24,25). The van der Waals surface area contributed by atoms with Gasteiger partial charge in [0.2, 0.25) is 0 Å². The van der Waals surface area contributed by atoms with Crippen LogP contribution in [0.4, 0.5) is 0 Å². The minimum atomic E-state index is -0.873. The van der Waals surface area contributed by atoms with Crippen molar-refractivity contribution < 1.29 is 14.7 Å². The summed E-state index contributed by atoms with van der Waals surface area (Å²) in [6, 6.07) is 17.0. The molecule has 128 valence electrons. The first kappa shape index (κ1) is 15.9. The van der Waals surface area contributed by atoms with E-state index in [1.807, 2.05) is 25.1 Å². The number of nitrogens with zero attached hydrogens (tertiary/aromatic N) is 1. The molecule has 1 fully saturated rings. The number of rotatable bonds is 4. The molecule has 2 unspecified atom stereocenters. The highest BCUT2D eigenvalue weighted by Gasteiger charge is 2.50. The average molecular weight is 335 g/mol. The fourth-order valence-corrected chi connectivity index (χ4v) is 4.10. The molecule has 2 atom stereocenters. The summed E-state index contributed by atoms with van der Waals surface area (Å²) in [4.78, 5) is 26.7. The monoisotopic (exact) mass is 335 g/mol. The molecule has 0 saturated heterocycles. The zero-order valence-corrected chi connectivity index (χ0v) is 14.2. The van der Waals surface area contributed by atoms with Gasteiger partial charge < -0.3 is 10.0 Å². The normalized spacial score (nSPS) is 23.9. The number of hydrogen-bond acceptors (Lipinski definition) is 2. The molecule has 2 aromatic carbocycles. The van der Waals surface area contributed by atoms with Gasteiger partial charge in [0.05, 0.1) is 0 Å². The number of carboxylic acids is 1. The van der Waals surface area contributed by atoms with Gasteiger partial charge in [-0.05, 0) is 37.0 Å². The molecule has 0 radical (unpaired) electrons. The molecule has 0 bridgehead atoms. The molecule has 1 N–H and O–H groups in total. The summed E-state index contributed by atoms with van der Waals surface area (Å²) in [6.45, 7) is 2.43. The van der Waals surface area contributed by atoms with Gasteiger partial charge in [-0.1, -0.05) is 48.5 Å². The predicted octanol–water partition coefficient (Wildman–Crippen LogP) is 3.43. The van der Waals surface area contributed by atoms with E-state index in [2.05, 4.69) is 12.1 Å². The minimum absolute atomic E-state index is 0.0273. The molecular formula is C21H21NO3. The van der Waals surface area contributed by atoms with Crippen molar-refractivity contribution in [3.8, 4) is 0 Å². The van der Waals surface area contributed by atoms with Crippen LogP contribution < -0.4 is 0 Å². The molecule has 4 nitrogen and oxygen atoms in total. The van der Waals surface area contributed by atoms with E-state index in [1.54, 1.807) is 29.2 Å². The van der Waals surface area contributed by atoms with E-state index < -0.39 is 11.9 Å². The van der Waals surface area contributed by atoms with Gasteiger partial charge in [-0.25, -0.2) is 0 Å². The lowest BCUT2D eigenvalue weighted by atomic mass is 9.82. The predicted molar refractivity (Wildman–Crippen MR) is 94.7 cm³/mol. The molecule has 4 heteroatoms. The number of carbonyl (C=O) groups excluding carboxylic acids is 1. The highest BCUT2D eigenvalue weighted by molar-refractivity contribution is 6.00. The molecule has 1 aliphatic carbocycles. The van der Waals surface area contributed by atoms with Crippen molar-refractivity contribution in [3.63, 3.8) is 0 Å². The molecule has 25 heavy (non-hydrogen) atoms. The molecule has 2 aliphatic rings. The van der Waals surface area contributed by atoms with E-state index in [9.17, 15) is 14.7 Å². The van der Waals surface area contributed by atoms with E-state index in [0.717, 1.165) is 12.8 Å². The third-order valence-corrected chi connectivity index (χ3v) is 5.74. The smallest absolute Gasteiger partial charge is 0.313 e. The van der Waals surface area contributed by atoms with E-state index in [-0.39, 0.29) is 17.4 Å². The van der Waals surface area contributed by atoms with Gasteiger partial charge in [-0.3, -0.25) is 9.59 Å². The fourth-order valence-electron chi connectivity index (χ4n) is 4.10. The SMILES string of the molecule is CC1C(C(=O)O)c2ccccc2C(=O)N1CC1(c2ccccc2)CC1. The number of benzene rings is 2. The Morgan fingerprint density at radius 2 is 1.76 bits per heavy atom. The Labute approximate surface area is 147 Å². The number of fused-ring (bicyclic) bond motifs is 1. The Kier molecular flexibility index (Phi) is 3.64. The van der Waals surface area contributed by atoms with Crippen molar-refractivity contribution >= 4 is 11.9 Å². The largest absolute Gasteiger partial charge is 0.481 e. The van der Waals surface area contributed by atoms with Crippen LogP contribution in [0.15, 0.2) is 54.6 Å². The van der Waals surface area contributed by atoms with Gasteiger partial charge in [0, 0.05) is 23.6 Å². The summed E-state index contributed by atoms with van der Waals surface area (Å²) in [5.41, 5.74) is 2.37. The molecular weight excluding hydrogens is 314 g/mol. The lowest BCUT2D eigenvalue weighted by Crippen LogP contribution is -2.51. The fraction of sp³-hybridized carbons (Fsp3) is 0.333. The Morgan fingerprint density at radius 3 is 2.40 bits per heavy atom. The summed E-state index contributed by atoms with van der Waals surface area (Å²) in [5, 5.41) is 9.75. The summed E-state index contributed by atoms with van der Waals surface area (Å²) in [7, 11) is 0. The lowest BCUT2D eigenvalue weighted by molar-refractivity contribution is -0.140. The van der Waals surface area contributed by atoms with Crippen molar-refractivity contribution in [2.24, 2.45) is 0 Å². The minimum Gasteiger partial charge on any atom is -0.481 e. The quantitative estimate of drug-likeness (QED) is 0.931. The van der Waals surface area contributed by atoms with Crippen LogP contribution in [-0.2, 0) is 10.2 Å². The Balaban J connectivity index is 1.71. The average Bonchev–Trinajstić information content (AvgIpc) is 3.40. The second-order valence-electron chi connectivity index (χ2n) is 7.22. The van der Waals surface area contributed by atoms with Crippen LogP contribution in [0, 0.1) is 0 Å². The first-order chi connectivity index (χ1) is 12.0. The van der Waals surface area contributed by atoms with Gasteiger partial charge in [0.25, 0.3) is 5.91 Å². The van der Waals surface area contributed by atoms with Crippen molar-refractivity contribution in [3.05, 3.63) is 71.3 Å². The van der Waals surface area contributed by atoms with Gasteiger partial charge >= 0.3 is 5.97 Å². The van der Waals surface area contributed by atoms with Crippen LogP contribution in [0.1, 0.15) is 47.2 Å². The molecule has 1 saturated carbocycles. The van der Waals surface area contributed by atoms with Gasteiger partial charge in [-0.2, -0.15) is 0 Å². The first-order valence-electron chi connectivity index (χ1n) is 8.72. The van der Waals surface area contributed by atoms with Crippen molar-refractivity contribution in [1.29, 1.82) is 0 Å². The molecule has 0 aromatic heterocycles. The third kappa shape index (κ3) is 2.53. The van der Waals surface area contributed by atoms with E-state index >= 15 is 0 Å². The second kappa shape index (κ2) is 5.73. The Bertz CT molecular complexity index is 826. The summed E-state index contributed by atoms with van der Waals surface area (Å²) >= 11 is 0. The van der Waals surface area contributed by atoms with Crippen LogP contribution in [-0.4, -0.2) is 34.5 Å². The highest BCUT2D eigenvalue weighted by atomic mass is 16.4. The molecule has 1 aliphatic heterocycles. The number of aliphatic carboxylic acids is 1. The topological polar surface area (TPSA) is 57.6 Å². The van der Waals surface area contributed by atoms with Gasteiger partial charge in [-0.15, -0.1) is 0 Å². The maximum atomic E-state index is 13.1. The zero-order chi connectivity index (χ0) is 17.6. The second-order valence-corrected chi connectivity index (χ2v) is 7.22. The zero-order valence-electron chi connectivity index (χ0n) is 14.2. The maximum Gasteiger partial charge on any atom is 0.313 e. The Hall–Kier alpha value is -2.62. The third-order valence-electron chi connectivity index (χ3n) is 5.74. The van der Waals surface area contributed by atoms with Crippen LogP contribution >= 0.6 is 0 Å². The van der Waals surface area contributed by atoms with Crippen molar-refractivity contribution in [1.82, 2.24) is 4.90 Å². The van der Waals surface area contributed by atoms with Crippen LogP contribution in [0.2, 0.25) is 0 Å². The molecule has 2 aromatic rings. The molecule has 0 spiro atoms. The molecule has 1 amide bonds. The van der Waals surface area contributed by atoms with E-state index in [1.165, 1.54) is 5.56 Å².